The van der Waals surface area contributed by atoms with Gasteiger partial charge in [0, 0.05) is 45.3 Å². The molecule has 4 heterocycles. The summed E-state index contributed by atoms with van der Waals surface area (Å²) in [6.07, 6.45) is -4.87. The summed E-state index contributed by atoms with van der Waals surface area (Å²) < 4.78 is 75.6. The summed E-state index contributed by atoms with van der Waals surface area (Å²) in [7, 11) is 3.96. The summed E-state index contributed by atoms with van der Waals surface area (Å²) in [4.78, 5) is 34.9. The quantitative estimate of drug-likeness (QED) is 0.526. The van der Waals surface area contributed by atoms with Crippen molar-refractivity contribution < 1.29 is 55.6 Å². The normalized spacial score (nSPS) is 17.9. The Balaban J connectivity index is 0.000000317. The monoisotopic (exact) mass is 569 g/mol. The molecule has 0 aromatic carbocycles. The molecule has 0 saturated carbocycles. The molecule has 17 heteroatoms. The minimum Gasteiger partial charge on any atom is -0.475 e. The number of halogens is 6. The van der Waals surface area contributed by atoms with Gasteiger partial charge in [0.2, 0.25) is 5.88 Å². The van der Waals surface area contributed by atoms with E-state index in [1.165, 1.54) is 0 Å². The molecular formula is C22H25F6N5O6. The molecule has 2 aliphatic rings. The Morgan fingerprint density at radius 3 is 2.13 bits per heavy atom. The van der Waals surface area contributed by atoms with Crippen LogP contribution in [0.4, 0.5) is 38.0 Å². The van der Waals surface area contributed by atoms with Crippen molar-refractivity contribution in [1.29, 1.82) is 0 Å². The van der Waals surface area contributed by atoms with Crippen molar-refractivity contribution in [2.45, 2.75) is 36.9 Å². The van der Waals surface area contributed by atoms with E-state index < -0.39 is 24.3 Å². The molecule has 2 saturated heterocycles. The maximum atomic E-state index is 10.6. The molecular weight excluding hydrogens is 544 g/mol. The molecule has 0 bridgehead atoms. The van der Waals surface area contributed by atoms with Crippen LogP contribution in [0.25, 0.3) is 0 Å². The molecule has 0 radical (unpaired) electrons. The van der Waals surface area contributed by atoms with Crippen LogP contribution in [0, 0.1) is 0 Å². The van der Waals surface area contributed by atoms with Gasteiger partial charge in [-0.2, -0.15) is 26.3 Å². The fourth-order valence-electron chi connectivity index (χ4n) is 3.46. The topological polar surface area (TPSA) is 138 Å². The molecule has 1 spiro atoms. The Labute approximate surface area is 218 Å². The van der Waals surface area contributed by atoms with Crippen LogP contribution >= 0.6 is 0 Å². The van der Waals surface area contributed by atoms with E-state index in [1.807, 2.05) is 43.3 Å². The average Bonchev–Trinajstić information content (AvgIpc) is 2.83. The second-order valence-electron chi connectivity index (χ2n) is 8.52. The van der Waals surface area contributed by atoms with Gasteiger partial charge in [0.25, 0.3) is 0 Å². The van der Waals surface area contributed by atoms with Gasteiger partial charge in [-0.15, -0.1) is 0 Å². The third kappa shape index (κ3) is 9.73. The predicted octanol–water partition coefficient (Wildman–Crippen LogP) is 3.02. The van der Waals surface area contributed by atoms with Gasteiger partial charge in [-0.1, -0.05) is 6.07 Å². The van der Waals surface area contributed by atoms with E-state index in [-0.39, 0.29) is 11.7 Å². The number of hydrogen-bond acceptors (Lipinski definition) is 9. The average molecular weight is 569 g/mol. The van der Waals surface area contributed by atoms with Crippen LogP contribution in [0.1, 0.15) is 12.8 Å². The van der Waals surface area contributed by atoms with Crippen LogP contribution < -0.4 is 14.5 Å². The predicted molar refractivity (Wildman–Crippen MR) is 123 cm³/mol. The molecule has 2 aromatic rings. The number of carbonyl (C=O) groups is 2. The van der Waals surface area contributed by atoms with Crippen LogP contribution in [0.15, 0.2) is 36.8 Å². The first-order valence-electron chi connectivity index (χ1n) is 11.1. The summed E-state index contributed by atoms with van der Waals surface area (Å²) in [5.74, 6) is -2.97. The van der Waals surface area contributed by atoms with Crippen molar-refractivity contribution in [2.75, 3.05) is 43.6 Å². The molecule has 1 atom stereocenters. The zero-order valence-electron chi connectivity index (χ0n) is 20.6. The van der Waals surface area contributed by atoms with E-state index >= 15 is 0 Å². The molecule has 1 unspecified atom stereocenters. The standard InChI is InChI=1S/C18H23N5O2.2C2HF3O2/c1-22(2)15-9-16(21-13-20-15)23-11-18(12-23)10-14(6-8-24-18)25-17-5-3-4-7-19-17;2*3-2(4,5)1(6)7/h3-5,7,9,13-14H,6,8,10-12H2,1-2H3;2*(H,6,7). The number of alkyl halides is 6. The Morgan fingerprint density at radius 1 is 1.05 bits per heavy atom. The molecule has 216 valence electrons. The van der Waals surface area contributed by atoms with Crippen molar-refractivity contribution in [3.05, 3.63) is 36.8 Å². The van der Waals surface area contributed by atoms with Gasteiger partial charge in [-0.05, 0) is 6.07 Å². The molecule has 11 nitrogen and oxygen atoms in total. The second-order valence-corrected chi connectivity index (χ2v) is 8.52. The Bertz CT molecular complexity index is 1070. The SMILES string of the molecule is CN(C)c1cc(N2CC3(CC(Oc4ccccn4)CCO3)C2)ncn1.O=C(O)C(F)(F)F.O=C(O)C(F)(F)F. The lowest BCUT2D eigenvalue weighted by molar-refractivity contribution is -0.193. The zero-order chi connectivity index (χ0) is 29.4. The molecule has 0 amide bonds. The van der Waals surface area contributed by atoms with E-state index in [0.29, 0.717) is 5.88 Å². The van der Waals surface area contributed by atoms with Crippen LogP contribution in [0.2, 0.25) is 0 Å². The van der Waals surface area contributed by atoms with E-state index in [1.54, 1.807) is 12.5 Å². The van der Waals surface area contributed by atoms with E-state index in [2.05, 4.69) is 19.9 Å². The van der Waals surface area contributed by atoms with E-state index in [0.717, 1.165) is 44.2 Å². The number of nitrogens with zero attached hydrogens (tertiary/aromatic N) is 5. The highest BCUT2D eigenvalue weighted by Gasteiger charge is 2.49. The number of pyridine rings is 1. The lowest BCUT2D eigenvalue weighted by atomic mass is 9.84. The maximum absolute atomic E-state index is 10.6. The van der Waals surface area contributed by atoms with Crippen molar-refractivity contribution >= 4 is 23.6 Å². The number of anilines is 2. The number of aromatic nitrogens is 3. The van der Waals surface area contributed by atoms with Crippen LogP contribution in [0.3, 0.4) is 0 Å². The van der Waals surface area contributed by atoms with E-state index in [4.69, 9.17) is 29.3 Å². The van der Waals surface area contributed by atoms with Gasteiger partial charge in [0.15, 0.2) is 0 Å². The van der Waals surface area contributed by atoms with Gasteiger partial charge < -0.3 is 29.5 Å². The number of rotatable bonds is 4. The fraction of sp³-hybridized carbons (Fsp3) is 0.500. The number of ether oxygens (including phenoxy) is 2. The Hall–Kier alpha value is -3.89. The minimum absolute atomic E-state index is 0.138. The first kappa shape index (κ1) is 31.3. The summed E-state index contributed by atoms with van der Waals surface area (Å²) >= 11 is 0. The van der Waals surface area contributed by atoms with Crippen molar-refractivity contribution in [1.82, 2.24) is 15.0 Å². The Kier molecular flexibility index (Phi) is 10.3. The molecule has 2 N–H and O–H groups in total. The third-order valence-electron chi connectivity index (χ3n) is 5.24. The second kappa shape index (κ2) is 12.8. The minimum atomic E-state index is -5.08. The number of hydrogen-bond donors (Lipinski definition) is 2. The fourth-order valence-corrected chi connectivity index (χ4v) is 3.46. The van der Waals surface area contributed by atoms with Gasteiger partial charge >= 0.3 is 24.3 Å². The largest absolute Gasteiger partial charge is 0.490 e. The first-order valence-corrected chi connectivity index (χ1v) is 11.1. The number of aliphatic carboxylic acids is 2. The van der Waals surface area contributed by atoms with E-state index in [9.17, 15) is 26.3 Å². The maximum Gasteiger partial charge on any atom is 0.490 e. The molecule has 4 rings (SSSR count). The van der Waals surface area contributed by atoms with Crippen LogP contribution in [0.5, 0.6) is 5.88 Å². The van der Waals surface area contributed by atoms with Gasteiger partial charge in [-0.25, -0.2) is 24.5 Å². The summed E-state index contributed by atoms with van der Waals surface area (Å²) in [5, 5.41) is 14.2. The molecule has 2 fully saturated rings. The van der Waals surface area contributed by atoms with Gasteiger partial charge in [0.1, 0.15) is 29.7 Å². The summed E-state index contributed by atoms with van der Waals surface area (Å²) in [5.41, 5.74) is -0.138. The molecule has 2 aliphatic heterocycles. The molecule has 0 aliphatic carbocycles. The van der Waals surface area contributed by atoms with Crippen LogP contribution in [-0.4, -0.2) is 95.0 Å². The van der Waals surface area contributed by atoms with Gasteiger partial charge in [-0.3, -0.25) is 0 Å². The highest BCUT2D eigenvalue weighted by atomic mass is 19.4. The van der Waals surface area contributed by atoms with Crippen LogP contribution in [-0.2, 0) is 14.3 Å². The highest BCUT2D eigenvalue weighted by molar-refractivity contribution is 5.73. The summed E-state index contributed by atoms with van der Waals surface area (Å²) in [6.45, 7) is 2.38. The lowest BCUT2D eigenvalue weighted by Gasteiger charge is -2.53. The zero-order valence-corrected chi connectivity index (χ0v) is 20.6. The van der Waals surface area contributed by atoms with Crippen molar-refractivity contribution in [3.63, 3.8) is 0 Å². The molecule has 39 heavy (non-hydrogen) atoms. The van der Waals surface area contributed by atoms with Crippen molar-refractivity contribution in [2.24, 2.45) is 0 Å². The highest BCUT2D eigenvalue weighted by Crippen LogP contribution is 2.37. The third-order valence-corrected chi connectivity index (χ3v) is 5.24. The summed E-state index contributed by atoms with van der Waals surface area (Å²) in [6, 6.07) is 7.75. The van der Waals surface area contributed by atoms with Gasteiger partial charge in [0.05, 0.1) is 19.7 Å². The smallest absolute Gasteiger partial charge is 0.475 e. The number of carboxylic acid groups (broad SMARTS) is 2. The number of carboxylic acids is 2. The molecule has 2 aromatic heterocycles. The Morgan fingerprint density at radius 2 is 1.64 bits per heavy atom. The first-order chi connectivity index (χ1) is 18.0. The lowest BCUT2D eigenvalue weighted by Crippen LogP contribution is -2.66. The van der Waals surface area contributed by atoms with Crippen molar-refractivity contribution in [3.8, 4) is 5.88 Å².